The van der Waals surface area contributed by atoms with Gasteiger partial charge in [-0.15, -0.1) is 0 Å². The van der Waals surface area contributed by atoms with E-state index in [4.69, 9.17) is 11.5 Å². The molecular weight excluding hydrogens is 244 g/mol. The summed E-state index contributed by atoms with van der Waals surface area (Å²) in [6, 6.07) is 0. The third-order valence-corrected chi connectivity index (χ3v) is 6.69. The minimum Gasteiger partial charge on any atom is -0.330 e. The van der Waals surface area contributed by atoms with Crippen LogP contribution in [0.4, 0.5) is 0 Å². The third-order valence-electron chi connectivity index (χ3n) is 6.69. The van der Waals surface area contributed by atoms with Gasteiger partial charge in [0.05, 0.1) is 0 Å². The molecule has 0 saturated carbocycles. The molecule has 8 atom stereocenters. The van der Waals surface area contributed by atoms with E-state index >= 15 is 0 Å². The second-order valence-electron chi connectivity index (χ2n) is 7.58. The molecule has 0 bridgehead atoms. The summed E-state index contributed by atoms with van der Waals surface area (Å²) < 4.78 is 0. The van der Waals surface area contributed by atoms with Gasteiger partial charge in [-0.3, -0.25) is 0 Å². The second kappa shape index (κ2) is 9.04. The Bertz CT molecular complexity index is 228. The molecule has 4 N–H and O–H groups in total. The summed E-state index contributed by atoms with van der Waals surface area (Å²) in [7, 11) is 0. The summed E-state index contributed by atoms with van der Waals surface area (Å²) >= 11 is 0. The SMILES string of the molecule is CC(CN)C(C)C(C)C(C)C(C)C(C)C(C)C(C)CN. The smallest absolute Gasteiger partial charge is 0.00489 e. The molecule has 0 fully saturated rings. The molecule has 8 unspecified atom stereocenters. The van der Waals surface area contributed by atoms with Gasteiger partial charge in [0.15, 0.2) is 0 Å². The zero-order valence-electron chi connectivity index (χ0n) is 15.2. The molecule has 0 radical (unpaired) electrons. The molecule has 0 aliphatic heterocycles. The summed E-state index contributed by atoms with van der Waals surface area (Å²) in [5, 5.41) is 0. The average Bonchev–Trinajstić information content (AvgIpc) is 2.48. The van der Waals surface area contributed by atoms with Crippen molar-refractivity contribution in [3.8, 4) is 0 Å². The molecule has 0 heterocycles. The quantitative estimate of drug-likeness (QED) is 0.672. The molecule has 0 aliphatic rings. The largest absolute Gasteiger partial charge is 0.330 e. The van der Waals surface area contributed by atoms with Gasteiger partial charge < -0.3 is 11.5 Å². The first kappa shape index (κ1) is 19.9. The Hall–Kier alpha value is -0.0800. The predicted octanol–water partition coefficient (Wildman–Crippen LogP) is 3.99. The first-order chi connectivity index (χ1) is 9.18. The van der Waals surface area contributed by atoms with E-state index in [-0.39, 0.29) is 0 Å². The average molecular weight is 285 g/mol. The van der Waals surface area contributed by atoms with E-state index < -0.39 is 0 Å². The Balaban J connectivity index is 4.71. The van der Waals surface area contributed by atoms with E-state index in [0.717, 1.165) is 24.9 Å². The third kappa shape index (κ3) is 5.04. The number of hydrogen-bond acceptors (Lipinski definition) is 2. The molecule has 0 saturated heterocycles. The zero-order chi connectivity index (χ0) is 16.0. The number of rotatable bonds is 9. The molecule has 0 aromatic carbocycles. The van der Waals surface area contributed by atoms with E-state index in [1.807, 2.05) is 0 Å². The van der Waals surface area contributed by atoms with Crippen molar-refractivity contribution in [2.75, 3.05) is 13.1 Å². The summed E-state index contributed by atoms with van der Waals surface area (Å²) in [5.74, 6) is 5.46. The molecule has 2 nitrogen and oxygen atoms in total. The van der Waals surface area contributed by atoms with Gasteiger partial charge in [-0.2, -0.15) is 0 Å². The fourth-order valence-electron chi connectivity index (χ4n) is 3.38. The zero-order valence-corrected chi connectivity index (χ0v) is 15.2. The minimum absolute atomic E-state index is 0.607. The monoisotopic (exact) mass is 284 g/mol. The van der Waals surface area contributed by atoms with E-state index in [1.54, 1.807) is 0 Å². The van der Waals surface area contributed by atoms with E-state index in [2.05, 4.69) is 55.4 Å². The normalized spacial score (nSPS) is 24.3. The Morgan fingerprint density at radius 2 is 0.650 bits per heavy atom. The van der Waals surface area contributed by atoms with Crippen molar-refractivity contribution in [2.24, 2.45) is 58.8 Å². The van der Waals surface area contributed by atoms with Crippen molar-refractivity contribution in [3.63, 3.8) is 0 Å². The van der Waals surface area contributed by atoms with Crippen molar-refractivity contribution >= 4 is 0 Å². The number of hydrogen-bond donors (Lipinski definition) is 2. The highest BCUT2D eigenvalue weighted by Crippen LogP contribution is 2.37. The Kier molecular flexibility index (Phi) is 9.01. The van der Waals surface area contributed by atoms with Crippen molar-refractivity contribution in [2.45, 2.75) is 55.4 Å². The van der Waals surface area contributed by atoms with Crippen molar-refractivity contribution in [1.82, 2.24) is 0 Å². The van der Waals surface area contributed by atoms with Crippen LogP contribution in [0.3, 0.4) is 0 Å². The Labute approximate surface area is 128 Å². The van der Waals surface area contributed by atoms with Gasteiger partial charge in [0, 0.05) is 0 Å². The van der Waals surface area contributed by atoms with Crippen LogP contribution in [0.5, 0.6) is 0 Å². The molecule has 0 rings (SSSR count). The Morgan fingerprint density at radius 1 is 0.450 bits per heavy atom. The van der Waals surface area contributed by atoms with Crippen LogP contribution in [-0.4, -0.2) is 13.1 Å². The van der Waals surface area contributed by atoms with Crippen LogP contribution in [0, 0.1) is 47.3 Å². The van der Waals surface area contributed by atoms with Crippen LogP contribution < -0.4 is 11.5 Å². The van der Waals surface area contributed by atoms with Crippen LogP contribution in [0.25, 0.3) is 0 Å². The summed E-state index contributed by atoms with van der Waals surface area (Å²) in [6.07, 6.45) is 0. The van der Waals surface area contributed by atoms with Crippen molar-refractivity contribution < 1.29 is 0 Å². The summed E-state index contributed by atoms with van der Waals surface area (Å²) in [5.41, 5.74) is 11.7. The lowest BCUT2D eigenvalue weighted by atomic mass is 9.67. The number of nitrogens with two attached hydrogens (primary N) is 2. The van der Waals surface area contributed by atoms with Gasteiger partial charge in [0.2, 0.25) is 0 Å². The Morgan fingerprint density at radius 3 is 0.850 bits per heavy atom. The first-order valence-electron chi connectivity index (χ1n) is 8.59. The molecule has 0 aromatic heterocycles. The fraction of sp³-hybridized carbons (Fsp3) is 1.00. The topological polar surface area (TPSA) is 52.0 Å². The van der Waals surface area contributed by atoms with Crippen molar-refractivity contribution in [3.05, 3.63) is 0 Å². The molecule has 0 aliphatic carbocycles. The fourth-order valence-corrected chi connectivity index (χ4v) is 3.38. The lowest BCUT2D eigenvalue weighted by Crippen LogP contribution is -2.34. The van der Waals surface area contributed by atoms with Crippen LogP contribution in [0.2, 0.25) is 0 Å². The molecule has 0 spiro atoms. The highest BCUT2D eigenvalue weighted by atomic mass is 14.6. The molecular formula is C18H40N2. The lowest BCUT2D eigenvalue weighted by molar-refractivity contribution is 0.105. The minimum atomic E-state index is 0.607. The molecule has 20 heavy (non-hydrogen) atoms. The van der Waals surface area contributed by atoms with Crippen LogP contribution >= 0.6 is 0 Å². The lowest BCUT2D eigenvalue weighted by Gasteiger charge is -2.39. The van der Waals surface area contributed by atoms with Crippen LogP contribution in [0.15, 0.2) is 0 Å². The van der Waals surface area contributed by atoms with Crippen LogP contribution in [-0.2, 0) is 0 Å². The highest BCUT2D eigenvalue weighted by molar-refractivity contribution is 4.81. The van der Waals surface area contributed by atoms with Gasteiger partial charge in [-0.25, -0.2) is 0 Å². The first-order valence-corrected chi connectivity index (χ1v) is 8.59. The van der Waals surface area contributed by atoms with Gasteiger partial charge in [0.1, 0.15) is 0 Å². The summed E-state index contributed by atoms with van der Waals surface area (Å²) in [6.45, 7) is 20.5. The summed E-state index contributed by atoms with van der Waals surface area (Å²) in [4.78, 5) is 0. The standard InChI is InChI=1S/C18H40N2/c1-11(9-19)13(3)15(5)17(7)18(8)16(6)14(4)12(2)10-20/h11-18H,9-10,19-20H2,1-8H3. The van der Waals surface area contributed by atoms with Gasteiger partial charge in [-0.1, -0.05) is 55.4 Å². The maximum Gasteiger partial charge on any atom is -0.00489 e. The van der Waals surface area contributed by atoms with E-state index in [9.17, 15) is 0 Å². The predicted molar refractivity (Wildman–Crippen MR) is 91.4 cm³/mol. The van der Waals surface area contributed by atoms with Gasteiger partial charge in [-0.05, 0) is 60.4 Å². The van der Waals surface area contributed by atoms with Gasteiger partial charge >= 0.3 is 0 Å². The maximum absolute atomic E-state index is 5.84. The van der Waals surface area contributed by atoms with E-state index in [1.165, 1.54) is 0 Å². The highest BCUT2D eigenvalue weighted by Gasteiger charge is 2.32. The molecule has 122 valence electrons. The molecule has 0 aromatic rings. The van der Waals surface area contributed by atoms with Gasteiger partial charge in [0.25, 0.3) is 0 Å². The molecule has 2 heteroatoms. The second-order valence-corrected chi connectivity index (χ2v) is 7.58. The van der Waals surface area contributed by atoms with Crippen LogP contribution in [0.1, 0.15) is 55.4 Å². The molecule has 0 amide bonds. The van der Waals surface area contributed by atoms with Crippen molar-refractivity contribution in [1.29, 1.82) is 0 Å². The maximum atomic E-state index is 5.84. The van der Waals surface area contributed by atoms with E-state index in [0.29, 0.717) is 35.5 Å².